The van der Waals surface area contributed by atoms with Gasteiger partial charge in [0, 0.05) is 24.4 Å². The highest BCUT2D eigenvalue weighted by molar-refractivity contribution is 5.83. The number of fused-ring (bicyclic) bond motifs is 1. The first-order valence-electron chi connectivity index (χ1n) is 9.90. The predicted molar refractivity (Wildman–Crippen MR) is 115 cm³/mol. The first-order chi connectivity index (χ1) is 14.6. The maximum atomic E-state index is 14.5. The van der Waals surface area contributed by atoms with Crippen LogP contribution in [0.15, 0.2) is 67.0 Å². The van der Waals surface area contributed by atoms with Crippen LogP contribution < -0.4 is 0 Å². The number of benzene rings is 3. The Morgan fingerprint density at radius 1 is 0.767 bits per heavy atom. The van der Waals surface area contributed by atoms with E-state index in [0.717, 1.165) is 39.7 Å². The van der Waals surface area contributed by atoms with E-state index in [0.29, 0.717) is 18.4 Å². The molecule has 0 atom stereocenters. The number of aromatic nitrogens is 2. The van der Waals surface area contributed by atoms with Crippen molar-refractivity contribution in [2.45, 2.75) is 26.2 Å². The lowest BCUT2D eigenvalue weighted by molar-refractivity contribution is 0.621. The quantitative estimate of drug-likeness (QED) is 0.415. The molecule has 0 saturated heterocycles. The fraction of sp³-hybridized carbons (Fsp3) is 0.154. The van der Waals surface area contributed by atoms with E-state index < -0.39 is 0 Å². The molecular weight excluding hydrogens is 378 g/mol. The number of aryl methyl sites for hydroxylation is 3. The zero-order valence-corrected chi connectivity index (χ0v) is 16.6. The number of nitrogens with zero attached hydrogens (tertiary/aromatic N) is 2. The van der Waals surface area contributed by atoms with Crippen LogP contribution in [0.2, 0.25) is 0 Å². The van der Waals surface area contributed by atoms with Gasteiger partial charge in [-0.25, -0.2) is 18.7 Å². The van der Waals surface area contributed by atoms with Gasteiger partial charge in [-0.2, -0.15) is 0 Å². The molecule has 0 aliphatic rings. The summed E-state index contributed by atoms with van der Waals surface area (Å²) in [5.41, 5.74) is 3.09. The van der Waals surface area contributed by atoms with E-state index in [9.17, 15) is 8.78 Å². The maximum absolute atomic E-state index is 14.5. The van der Waals surface area contributed by atoms with Crippen LogP contribution in [0.5, 0.6) is 0 Å². The van der Waals surface area contributed by atoms with Crippen LogP contribution in [0.25, 0.3) is 10.8 Å². The molecule has 4 aromatic rings. The molecular formula is C26H20F2N2. The average Bonchev–Trinajstić information content (AvgIpc) is 2.77. The molecule has 3 aromatic carbocycles. The van der Waals surface area contributed by atoms with E-state index in [1.165, 1.54) is 18.2 Å². The van der Waals surface area contributed by atoms with Gasteiger partial charge in [-0.3, -0.25) is 0 Å². The summed E-state index contributed by atoms with van der Waals surface area (Å²) in [5.74, 6) is 6.03. The summed E-state index contributed by atoms with van der Waals surface area (Å²) >= 11 is 0. The molecule has 0 unspecified atom stereocenters. The molecule has 4 rings (SSSR count). The second-order valence-corrected chi connectivity index (χ2v) is 7.13. The fourth-order valence-corrected chi connectivity index (χ4v) is 3.20. The Bertz CT molecular complexity index is 1250. The molecule has 0 spiro atoms. The Kier molecular flexibility index (Phi) is 5.81. The third kappa shape index (κ3) is 4.69. The Balaban J connectivity index is 1.46. The normalized spacial score (nSPS) is 10.6. The van der Waals surface area contributed by atoms with Gasteiger partial charge in [0.1, 0.15) is 17.5 Å². The molecule has 1 heterocycles. The molecule has 4 heteroatoms. The summed E-state index contributed by atoms with van der Waals surface area (Å²) in [5, 5.41) is 1.71. The Labute approximate surface area is 174 Å². The van der Waals surface area contributed by atoms with Gasteiger partial charge in [0.05, 0.1) is 5.56 Å². The second-order valence-electron chi connectivity index (χ2n) is 7.13. The lowest BCUT2D eigenvalue weighted by Crippen LogP contribution is -1.99. The van der Waals surface area contributed by atoms with E-state index in [2.05, 4.69) is 28.7 Å². The van der Waals surface area contributed by atoms with Crippen LogP contribution >= 0.6 is 0 Å². The molecule has 0 N–H and O–H groups in total. The van der Waals surface area contributed by atoms with E-state index >= 15 is 0 Å². The van der Waals surface area contributed by atoms with E-state index in [1.807, 2.05) is 36.7 Å². The van der Waals surface area contributed by atoms with Crippen molar-refractivity contribution in [1.82, 2.24) is 9.97 Å². The molecule has 0 saturated carbocycles. The number of halogens is 2. The van der Waals surface area contributed by atoms with Crippen LogP contribution in [-0.4, -0.2) is 9.97 Å². The largest absolute Gasteiger partial charge is 0.241 e. The molecule has 0 amide bonds. The molecule has 0 radical (unpaired) electrons. The van der Waals surface area contributed by atoms with Crippen LogP contribution in [0.4, 0.5) is 8.78 Å². The molecule has 148 valence electrons. The third-order valence-electron chi connectivity index (χ3n) is 4.98. The first kappa shape index (κ1) is 19.7. The summed E-state index contributed by atoms with van der Waals surface area (Å²) in [6.07, 6.45) is 5.91. The van der Waals surface area contributed by atoms with Gasteiger partial charge in [-0.05, 0) is 71.1 Å². The monoisotopic (exact) mass is 398 g/mol. The fourth-order valence-electron chi connectivity index (χ4n) is 3.20. The van der Waals surface area contributed by atoms with Crippen LogP contribution in [0.1, 0.15) is 35.0 Å². The SMILES string of the molecule is CCc1cnc(CCc2ccc(C#Cc3ccc4cc(F)ccc4c3)c(F)c2)nc1. The Hall–Kier alpha value is -3.58. The molecule has 2 nitrogen and oxygen atoms in total. The molecule has 0 fully saturated rings. The number of rotatable bonds is 4. The molecule has 1 aromatic heterocycles. The van der Waals surface area contributed by atoms with Crippen molar-refractivity contribution in [1.29, 1.82) is 0 Å². The summed E-state index contributed by atoms with van der Waals surface area (Å²) in [6.45, 7) is 2.06. The van der Waals surface area contributed by atoms with Crippen LogP contribution in [-0.2, 0) is 19.3 Å². The molecule has 0 aliphatic heterocycles. The van der Waals surface area contributed by atoms with Crippen molar-refractivity contribution in [3.8, 4) is 11.8 Å². The summed E-state index contributed by atoms with van der Waals surface area (Å²) in [4.78, 5) is 8.69. The minimum atomic E-state index is -0.342. The van der Waals surface area contributed by atoms with Gasteiger partial charge >= 0.3 is 0 Å². The lowest BCUT2D eigenvalue weighted by Gasteiger charge is -2.03. The van der Waals surface area contributed by atoms with Crippen molar-refractivity contribution in [2.24, 2.45) is 0 Å². The van der Waals surface area contributed by atoms with Crippen molar-refractivity contribution < 1.29 is 8.78 Å². The van der Waals surface area contributed by atoms with Crippen molar-refractivity contribution in [3.05, 3.63) is 107 Å². The van der Waals surface area contributed by atoms with Gasteiger partial charge in [-0.1, -0.05) is 37.0 Å². The molecule has 0 aliphatic carbocycles. The standard InChI is InChI=1S/C26H20F2N2/c1-2-18-16-29-26(30-17-18)12-6-20-4-8-21(25(28)14-20)7-3-19-5-9-23-15-24(27)11-10-22(23)13-19/h4-5,8-11,13-17H,2,6,12H2,1H3. The van der Waals surface area contributed by atoms with Gasteiger partial charge in [0.2, 0.25) is 0 Å². The van der Waals surface area contributed by atoms with Gasteiger partial charge in [0.25, 0.3) is 0 Å². The van der Waals surface area contributed by atoms with Crippen molar-refractivity contribution in [2.75, 3.05) is 0 Å². The zero-order valence-electron chi connectivity index (χ0n) is 16.6. The number of hydrogen-bond acceptors (Lipinski definition) is 2. The highest BCUT2D eigenvalue weighted by Gasteiger charge is 2.04. The topological polar surface area (TPSA) is 25.8 Å². The summed E-state index contributed by atoms with van der Waals surface area (Å²) in [7, 11) is 0. The number of hydrogen-bond donors (Lipinski definition) is 0. The van der Waals surface area contributed by atoms with Crippen molar-refractivity contribution in [3.63, 3.8) is 0 Å². The van der Waals surface area contributed by atoms with E-state index in [1.54, 1.807) is 12.1 Å². The third-order valence-corrected chi connectivity index (χ3v) is 4.98. The first-order valence-corrected chi connectivity index (χ1v) is 9.90. The summed E-state index contributed by atoms with van der Waals surface area (Å²) in [6, 6.07) is 15.2. The molecule has 0 bridgehead atoms. The lowest BCUT2D eigenvalue weighted by atomic mass is 10.0. The summed E-state index contributed by atoms with van der Waals surface area (Å²) < 4.78 is 27.8. The minimum Gasteiger partial charge on any atom is -0.241 e. The smallest absolute Gasteiger partial charge is 0.139 e. The predicted octanol–water partition coefficient (Wildman–Crippen LogP) is 5.66. The maximum Gasteiger partial charge on any atom is 0.139 e. The van der Waals surface area contributed by atoms with E-state index in [-0.39, 0.29) is 11.6 Å². The van der Waals surface area contributed by atoms with Gasteiger partial charge in [0.15, 0.2) is 0 Å². The van der Waals surface area contributed by atoms with Gasteiger partial charge in [-0.15, -0.1) is 0 Å². The Morgan fingerprint density at radius 3 is 2.30 bits per heavy atom. The van der Waals surface area contributed by atoms with E-state index in [4.69, 9.17) is 0 Å². The Morgan fingerprint density at radius 2 is 1.53 bits per heavy atom. The van der Waals surface area contributed by atoms with Crippen LogP contribution in [0.3, 0.4) is 0 Å². The highest BCUT2D eigenvalue weighted by atomic mass is 19.1. The molecule has 30 heavy (non-hydrogen) atoms. The minimum absolute atomic E-state index is 0.270. The van der Waals surface area contributed by atoms with Crippen molar-refractivity contribution >= 4 is 10.8 Å². The zero-order chi connectivity index (χ0) is 20.9. The highest BCUT2D eigenvalue weighted by Crippen LogP contribution is 2.17. The average molecular weight is 398 g/mol. The van der Waals surface area contributed by atoms with Gasteiger partial charge < -0.3 is 0 Å². The van der Waals surface area contributed by atoms with Crippen LogP contribution in [0, 0.1) is 23.5 Å². The second kappa shape index (κ2) is 8.84.